The first kappa shape index (κ1) is 122. The van der Waals surface area contributed by atoms with E-state index in [1.165, 1.54) is 52.1 Å². The first-order valence-corrected chi connectivity index (χ1v) is 55.6. The fourth-order valence-electron chi connectivity index (χ4n) is 14.6. The van der Waals surface area contributed by atoms with Gasteiger partial charge in [-0.15, -0.1) is 0 Å². The number of fused-ring (bicyclic) bond motifs is 3. The minimum Gasteiger partial charge on any atom is -1.00 e. The van der Waals surface area contributed by atoms with E-state index in [1.54, 1.807) is 66.5 Å². The number of carbonyl (C=O) groups excluding carboxylic acids is 5. The number of aromatic nitrogens is 18. The number of aryl methyl sites for hydroxylation is 8. The number of anilines is 3. The van der Waals surface area contributed by atoms with E-state index in [1.807, 2.05) is 156 Å². The Labute approximate surface area is 910 Å². The molecule has 2 saturated carbocycles. The van der Waals surface area contributed by atoms with Crippen LogP contribution in [0, 0.1) is 13.8 Å². The van der Waals surface area contributed by atoms with Crippen molar-refractivity contribution < 1.29 is 105 Å². The van der Waals surface area contributed by atoms with Gasteiger partial charge in [0.05, 0.1) is 104 Å². The fourth-order valence-corrected chi connectivity index (χ4v) is 16.3. The fraction of sp³-hybridized carbons (Fsp3) is 0.468. The molecule has 49 heteroatoms. The molecule has 2 aliphatic carbocycles. The van der Waals surface area contributed by atoms with Crippen LogP contribution in [-0.2, 0) is 116 Å². The second-order valence-corrected chi connectivity index (χ2v) is 49.5. The number of nitrogens with one attached hydrogen (secondary N) is 5. The van der Waals surface area contributed by atoms with Crippen LogP contribution < -0.4 is 70.6 Å². The quantitative estimate of drug-likeness (QED) is 0.00999. The van der Waals surface area contributed by atoms with E-state index in [2.05, 4.69) is 201 Å². The molecule has 0 unspecified atom stereocenters. The number of aromatic amines is 1. The van der Waals surface area contributed by atoms with Crippen LogP contribution in [0.25, 0.3) is 0 Å². The normalized spacial score (nSPS) is 12.7. The number of alkyl halides is 2. The zero-order valence-electron chi connectivity index (χ0n) is 85.5. The van der Waals surface area contributed by atoms with E-state index in [4.69, 9.17) is 40.6 Å². The number of aliphatic hydroxyl groups excluding tert-OH is 2. The molecule has 12 heterocycles. The molecule has 143 heavy (non-hydrogen) atoms. The minimum absolute atomic E-state index is 0. The number of nitrogens with zero attached hydrogens (tertiary/aromatic N) is 19. The van der Waals surface area contributed by atoms with Gasteiger partial charge in [-0.25, -0.2) is 38.6 Å². The van der Waals surface area contributed by atoms with Gasteiger partial charge in [0.15, 0.2) is 5.69 Å². The third-order valence-corrected chi connectivity index (χ3v) is 23.7. The molecule has 9 N–H and O–H groups in total. The number of amides is 3. The molecule has 5 aliphatic rings. The third kappa shape index (κ3) is 38.1. The van der Waals surface area contributed by atoms with Crippen molar-refractivity contribution in [3.05, 3.63) is 230 Å². The average molecular weight is 2400 g/mol. The average Bonchev–Trinajstić information content (AvgIpc) is 1.69. The van der Waals surface area contributed by atoms with Crippen LogP contribution in [0.3, 0.4) is 0 Å². The Kier molecular flexibility index (Phi) is 54.1. The van der Waals surface area contributed by atoms with Gasteiger partial charge in [-0.1, -0.05) is 74.1 Å². The van der Waals surface area contributed by atoms with E-state index < -0.39 is 26.2 Å². The molecule has 0 bridgehead atoms. The van der Waals surface area contributed by atoms with Crippen LogP contribution in [0.1, 0.15) is 209 Å². The Hall–Kier alpha value is -9.36. The van der Waals surface area contributed by atoms with E-state index in [0.29, 0.717) is 96.5 Å². The van der Waals surface area contributed by atoms with Crippen LogP contribution in [0.2, 0.25) is 5.82 Å². The number of rotatable bonds is 27. The van der Waals surface area contributed by atoms with Gasteiger partial charge < -0.3 is 90.1 Å². The zero-order chi connectivity index (χ0) is 105. The number of hydrogen-bond acceptors (Lipinski definition) is 26. The standard InChI is InChI=1S/C24H30N6O2.C21H25BrN6O2.C14H15BrN4O.C9H14N2O3.C7H10N2O3.C6H9BrN2.C6H10N2O.C3H7BO2.C2H6O.CH3F.CH4.Br3P.Na.H/c1-4-32-22-13-18(27-28(22)3)15-29-9-7-19-20(17-5-6-17)11-16(12-21(19)23(29)31)14-30-10-8-26-24(30)25-2;1-4-30-19-11-15(25-26(19)3)13-27-7-5-16-17(20(27)29)9-14(10-18(16)22)12-28-8-6-24-21(28)23-2;1-16-14-18-4-5-19(14)8-9-6-11-10(12(15)7-9)2-3-17-13(11)20;1-4-13-8-6-7(10-11(8)3)9(12)14-5-2;1-3-12-7(11)5-4-6(10)9(2)8-5;1-5-3-6(4-7)8-9(5)2;1-5-3-6(4-9)7-8(5)2;5-4(6)3-1-2-3;1-2-3;1-2;;1-4(2)3;;/h8,10-13,17H,4-7,9,14-15H2,1-3H3,(H,25,26);6,8-11H,4-5,7,12-13H2,1-3H3,(H,23,24);4-7H,2-3,8H2,1H3,(H,16,18)(H,17,20);6H,4-5H2,1-3H3;4,8H,3H2,1-2H3;3H,4H2,1-2H3;3,9H,4H2,1-2H3;3,5-6H,1-2H2;3H,2H2,1H3;1H3;1H4;;;/q;;;;;;;;;;;;+1;-1/i;;;;;;;;;1D;;;;. The van der Waals surface area contributed by atoms with Crippen molar-refractivity contribution in [2.45, 2.75) is 164 Å². The number of carbonyl (C=O) groups is 5. The number of H-pyrrole nitrogens is 1. The first-order valence-electron chi connectivity index (χ1n) is 46.2. The monoisotopic (exact) mass is 2400 g/mol. The van der Waals surface area contributed by atoms with Crippen molar-refractivity contribution in [3.63, 3.8) is 0 Å². The van der Waals surface area contributed by atoms with Crippen LogP contribution in [0.4, 0.5) is 22.2 Å². The van der Waals surface area contributed by atoms with Gasteiger partial charge in [0.1, 0.15) is 9.72 Å². The minimum atomic E-state index is -1.04. The smallest absolute Gasteiger partial charge is 1.00 e. The SMILES string of the molecule is BrP(Br)Br.C.CCO.CCOC(=O)c1cc(=O)n(C)[nH]1.CCOC(=O)c1cc(OCC)n(C)n1.CCOc1cc(CN2CCc3c(Br)cc(Cn4ccnc4NC)cc3C2=O)nn1C.CCOc1cc(CN2CCc3c(cc(Cn4ccnc4NC)cc3C3CC3)C2=O)nn1C.CNc1nccn1Cc1cc(Br)c2c(c1)C(=O)NCC2.Cc1cc(CBr)nn1C.Cc1cc(CO)nn1C.OB(O)C1CC1.[2H]CF.[H-].[Na+]. The Morgan fingerprint density at radius 2 is 0.944 bits per heavy atom. The van der Waals surface area contributed by atoms with Crippen molar-refractivity contribution in [2.24, 2.45) is 42.3 Å². The summed E-state index contributed by atoms with van der Waals surface area (Å²) in [7, 11) is 14.3. The van der Waals surface area contributed by atoms with Crippen molar-refractivity contribution in [1.29, 1.82) is 0 Å². The second kappa shape index (κ2) is 63.2. The van der Waals surface area contributed by atoms with Crippen LogP contribution in [-0.4, -0.2) is 242 Å². The first-order chi connectivity index (χ1) is 67.9. The summed E-state index contributed by atoms with van der Waals surface area (Å²) in [6, 6.07) is 23.1. The summed E-state index contributed by atoms with van der Waals surface area (Å²) >= 11 is 20.1. The Morgan fingerprint density at radius 1 is 0.545 bits per heavy atom. The predicted octanol–water partition coefficient (Wildman–Crippen LogP) is 12.4. The summed E-state index contributed by atoms with van der Waals surface area (Å²) in [5, 5.41) is 69.4. The van der Waals surface area contributed by atoms with E-state index in [0.717, 1.165) is 150 Å². The topological polar surface area (TPSA) is 447 Å². The molecule has 3 amide bonds. The van der Waals surface area contributed by atoms with Crippen LogP contribution in [0.5, 0.6) is 17.6 Å². The molecule has 0 radical (unpaired) electrons. The maximum absolute atomic E-state index is 13.5. The molecule has 12 aromatic rings. The molecule has 9 aromatic heterocycles. The van der Waals surface area contributed by atoms with Crippen molar-refractivity contribution in [2.75, 3.05) is 104 Å². The maximum Gasteiger partial charge on any atom is 1.00 e. The van der Waals surface area contributed by atoms with Gasteiger partial charge in [0.25, 0.3) is 23.3 Å². The number of benzene rings is 3. The second-order valence-electron chi connectivity index (χ2n) is 31.9. The van der Waals surface area contributed by atoms with Gasteiger partial charge in [-0.2, -0.15) is 25.5 Å². The van der Waals surface area contributed by atoms with E-state index in [9.17, 15) is 33.2 Å². The van der Waals surface area contributed by atoms with Crippen LogP contribution in [0.15, 0.2) is 124 Å². The molecule has 0 saturated heterocycles. The van der Waals surface area contributed by atoms with Crippen molar-refractivity contribution in [1.82, 2.24) is 102 Å². The van der Waals surface area contributed by atoms with E-state index >= 15 is 0 Å². The summed E-state index contributed by atoms with van der Waals surface area (Å²) in [5.41, 5.74) is 16.4. The molecular formula is C94H134BBr6FN24NaO15P. The van der Waals surface area contributed by atoms with Gasteiger partial charge in [0, 0.05) is 193 Å². The number of esters is 2. The summed E-state index contributed by atoms with van der Waals surface area (Å²) in [6.45, 7) is 22.6. The van der Waals surface area contributed by atoms with Crippen LogP contribution >= 0.6 is 98.3 Å². The number of halogens is 7. The molecule has 17 rings (SSSR count). The summed E-state index contributed by atoms with van der Waals surface area (Å²) in [6.07, 6.45) is 18.1. The molecule has 39 nitrogen and oxygen atoms in total. The van der Waals surface area contributed by atoms with Gasteiger partial charge >= 0.3 is 48.6 Å². The molecule has 3 aliphatic heterocycles. The third-order valence-electron chi connectivity index (χ3n) is 21.7. The van der Waals surface area contributed by atoms with Crippen molar-refractivity contribution >= 4 is 153 Å². The summed E-state index contributed by atoms with van der Waals surface area (Å²) in [4.78, 5) is 88.5. The number of hydrogen-bond donors (Lipinski definition) is 9. The van der Waals surface area contributed by atoms with Gasteiger partial charge in [-0.3, -0.25) is 42.7 Å². The molecule has 0 atom stereocenters. The number of aliphatic hydroxyl groups is 2. The maximum atomic E-state index is 13.5. The molecule has 0 spiro atoms. The summed E-state index contributed by atoms with van der Waals surface area (Å²) < 4.78 is 59.1. The Morgan fingerprint density at radius 3 is 1.31 bits per heavy atom. The van der Waals surface area contributed by atoms with Gasteiger partial charge in [0.2, 0.25) is 35.5 Å². The number of imidazole rings is 3. The molecule has 3 aromatic carbocycles. The Bertz CT molecular complexity index is 6000. The predicted molar refractivity (Wildman–Crippen MR) is 572 cm³/mol. The molecule has 778 valence electrons. The van der Waals surface area contributed by atoms with Gasteiger partial charge in [-0.05, 0) is 227 Å². The summed E-state index contributed by atoms with van der Waals surface area (Å²) in [5.74, 6) is 4.44. The molecular weight excluding hydrogens is 2270 g/mol. The van der Waals surface area contributed by atoms with Crippen molar-refractivity contribution in [3.8, 4) is 17.6 Å². The van der Waals surface area contributed by atoms with E-state index in [-0.39, 0.29) is 96.1 Å². The zero-order valence-corrected chi connectivity index (χ0v) is 95.9. The largest absolute Gasteiger partial charge is 1.00 e. The number of ether oxygens (including phenoxy) is 5. The Balaban J connectivity index is 0.000000356. The molecule has 2 fully saturated rings.